The van der Waals surface area contributed by atoms with Gasteiger partial charge in [0, 0.05) is 17.2 Å². The third-order valence-electron chi connectivity index (χ3n) is 6.33. The standard InChI is InChI=1S/C17H18BClFN5O.C7H12O2/c1-7(2)25-10-6-8(12-11(19)14(18)24-16(21)23-12)5-9(20)13(10)22-15(25)17(3,4)26;8-6-3-1-5-2-4-7(6)9-5/h5-7,26H,1-4H3,(H2,21,23,24);5-8H,1-4H2/t;5-,6+,7?/m.1/s1. The molecule has 35 heavy (non-hydrogen) atoms. The van der Waals surface area contributed by atoms with E-state index in [1.165, 1.54) is 12.5 Å². The van der Waals surface area contributed by atoms with E-state index in [0.29, 0.717) is 23.0 Å². The van der Waals surface area contributed by atoms with Crippen LogP contribution in [0.1, 0.15) is 65.2 Å². The molecule has 3 aromatic rings. The Labute approximate surface area is 210 Å². The van der Waals surface area contributed by atoms with Crippen molar-refractivity contribution in [2.75, 3.05) is 5.73 Å². The van der Waals surface area contributed by atoms with Crippen LogP contribution < -0.4 is 11.3 Å². The lowest BCUT2D eigenvalue weighted by molar-refractivity contribution is -0.0746. The lowest BCUT2D eigenvalue weighted by Crippen LogP contribution is -2.31. The van der Waals surface area contributed by atoms with Crippen molar-refractivity contribution in [3.05, 3.63) is 28.8 Å². The zero-order valence-electron chi connectivity index (χ0n) is 20.3. The average Bonchev–Trinajstić information content (AvgIpc) is 3.36. The molecule has 4 N–H and O–H groups in total. The maximum atomic E-state index is 14.8. The Kier molecular flexibility index (Phi) is 7.12. The normalized spacial score (nSPS) is 21.9. The molecule has 2 aliphatic rings. The highest BCUT2D eigenvalue weighted by molar-refractivity contribution is 6.45. The molecule has 0 saturated carbocycles. The summed E-state index contributed by atoms with van der Waals surface area (Å²) in [5, 5.41) is 19.8. The fraction of sp³-hybridized carbons (Fsp3) is 0.542. The van der Waals surface area contributed by atoms with E-state index in [4.69, 9.17) is 29.9 Å². The molecule has 2 aromatic heterocycles. The monoisotopic (exact) mass is 501 g/mol. The van der Waals surface area contributed by atoms with Crippen LogP contribution in [0.15, 0.2) is 12.1 Å². The summed E-state index contributed by atoms with van der Waals surface area (Å²) in [5.74, 6) is -0.252. The molecule has 2 bridgehead atoms. The van der Waals surface area contributed by atoms with E-state index < -0.39 is 11.4 Å². The van der Waals surface area contributed by atoms with Gasteiger partial charge in [0.1, 0.15) is 24.8 Å². The molecule has 2 aliphatic heterocycles. The van der Waals surface area contributed by atoms with Crippen molar-refractivity contribution >= 4 is 42.0 Å². The quantitative estimate of drug-likeness (QED) is 0.472. The summed E-state index contributed by atoms with van der Waals surface area (Å²) in [4.78, 5) is 12.2. The number of ether oxygens (including phenoxy) is 1. The summed E-state index contributed by atoms with van der Waals surface area (Å²) in [6.45, 7) is 7.06. The van der Waals surface area contributed by atoms with Crippen molar-refractivity contribution in [3.63, 3.8) is 0 Å². The van der Waals surface area contributed by atoms with Crippen LogP contribution in [0.2, 0.25) is 5.02 Å². The van der Waals surface area contributed by atoms with Crippen LogP contribution in [0.3, 0.4) is 0 Å². The highest BCUT2D eigenvalue weighted by Gasteiger charge is 2.35. The van der Waals surface area contributed by atoms with Crippen molar-refractivity contribution in [1.29, 1.82) is 0 Å². The molecule has 2 saturated heterocycles. The predicted octanol–water partition coefficient (Wildman–Crippen LogP) is 3.16. The van der Waals surface area contributed by atoms with Crippen molar-refractivity contribution in [3.8, 4) is 11.3 Å². The third-order valence-corrected chi connectivity index (χ3v) is 6.71. The summed E-state index contributed by atoms with van der Waals surface area (Å²) in [7, 11) is 5.74. The minimum Gasteiger partial charge on any atom is -0.390 e. The van der Waals surface area contributed by atoms with Crippen molar-refractivity contribution < 1.29 is 19.3 Å². The van der Waals surface area contributed by atoms with Crippen LogP contribution in [-0.4, -0.2) is 55.9 Å². The van der Waals surface area contributed by atoms with Gasteiger partial charge in [0.15, 0.2) is 5.82 Å². The molecule has 5 rings (SSSR count). The molecule has 1 unspecified atom stereocenters. The fourth-order valence-corrected chi connectivity index (χ4v) is 4.88. The van der Waals surface area contributed by atoms with Crippen molar-refractivity contribution in [2.45, 2.75) is 83.3 Å². The van der Waals surface area contributed by atoms with Crippen LogP contribution >= 0.6 is 11.6 Å². The number of aliphatic hydroxyl groups excluding tert-OH is 1. The van der Waals surface area contributed by atoms with Crippen LogP contribution in [0.4, 0.5) is 10.3 Å². The fourth-order valence-electron chi connectivity index (χ4n) is 4.69. The van der Waals surface area contributed by atoms with E-state index >= 15 is 0 Å². The van der Waals surface area contributed by atoms with Crippen LogP contribution in [0.5, 0.6) is 0 Å². The molecule has 4 heterocycles. The second-order valence-electron chi connectivity index (χ2n) is 9.93. The lowest BCUT2D eigenvalue weighted by Gasteiger charge is -2.24. The Bertz CT molecular complexity index is 1250. The van der Waals surface area contributed by atoms with Gasteiger partial charge in [-0.1, -0.05) is 11.6 Å². The number of fused-ring (bicyclic) bond motifs is 3. The minimum absolute atomic E-state index is 0.0178. The van der Waals surface area contributed by atoms with Gasteiger partial charge < -0.3 is 25.3 Å². The first-order valence-electron chi connectivity index (χ1n) is 11.7. The second-order valence-corrected chi connectivity index (χ2v) is 10.3. The number of halogens is 2. The van der Waals surface area contributed by atoms with E-state index in [-0.39, 0.29) is 46.0 Å². The van der Waals surface area contributed by atoms with Gasteiger partial charge in [0.2, 0.25) is 5.95 Å². The smallest absolute Gasteiger partial charge is 0.220 e. The second kappa shape index (κ2) is 9.65. The molecule has 3 atom stereocenters. The topological polar surface area (TPSA) is 119 Å². The number of imidazole rings is 1. The zero-order valence-corrected chi connectivity index (χ0v) is 21.1. The number of hydrogen-bond donors (Lipinski definition) is 3. The van der Waals surface area contributed by atoms with Gasteiger partial charge in [-0.2, -0.15) is 0 Å². The lowest BCUT2D eigenvalue weighted by atomic mass is 10.0. The first-order chi connectivity index (χ1) is 16.4. The zero-order chi connectivity index (χ0) is 25.7. The Balaban J connectivity index is 0.000000266. The summed E-state index contributed by atoms with van der Waals surface area (Å²) in [6.07, 6.45) is 4.77. The number of aromatic nitrogens is 4. The molecule has 0 aliphatic carbocycles. The molecule has 186 valence electrons. The maximum Gasteiger partial charge on any atom is 0.220 e. The highest BCUT2D eigenvalue weighted by Crippen LogP contribution is 2.34. The largest absolute Gasteiger partial charge is 0.390 e. The van der Waals surface area contributed by atoms with Crippen molar-refractivity contribution in [1.82, 2.24) is 19.5 Å². The van der Waals surface area contributed by atoms with E-state index in [0.717, 1.165) is 19.3 Å². The SMILES string of the molecule is O[C@H]1CC[C@@H]2CCC1O2.[B]c1nc(N)nc(-c2cc(F)c3nc(C(C)(C)O)n(C(C)C)c3c2)c1Cl. The molecule has 8 nitrogen and oxygen atoms in total. The summed E-state index contributed by atoms with van der Waals surface area (Å²) in [6, 6.07) is 2.90. The van der Waals surface area contributed by atoms with Crippen molar-refractivity contribution in [2.24, 2.45) is 0 Å². The van der Waals surface area contributed by atoms with Gasteiger partial charge in [0.05, 0.1) is 34.5 Å². The van der Waals surface area contributed by atoms with Gasteiger partial charge in [-0.15, -0.1) is 0 Å². The first kappa shape index (κ1) is 25.8. The summed E-state index contributed by atoms with van der Waals surface area (Å²) in [5.41, 5.74) is 5.73. The minimum atomic E-state index is -1.24. The number of anilines is 1. The molecule has 11 heteroatoms. The molecular formula is C24H30BClFN5O3. The van der Waals surface area contributed by atoms with Crippen LogP contribution in [-0.2, 0) is 10.3 Å². The number of nitrogens with two attached hydrogens (primary N) is 1. The van der Waals surface area contributed by atoms with Gasteiger partial charge in [-0.05, 0) is 65.5 Å². The van der Waals surface area contributed by atoms with E-state index in [1.807, 2.05) is 13.8 Å². The van der Waals surface area contributed by atoms with Gasteiger partial charge in [-0.25, -0.2) is 19.3 Å². The Hall–Kier alpha value is -2.27. The van der Waals surface area contributed by atoms with Crippen LogP contribution in [0, 0.1) is 5.82 Å². The summed E-state index contributed by atoms with van der Waals surface area (Å²) >= 11 is 6.19. The molecule has 0 spiro atoms. The number of hydrogen-bond acceptors (Lipinski definition) is 7. The van der Waals surface area contributed by atoms with Crippen LogP contribution in [0.25, 0.3) is 22.3 Å². The number of rotatable bonds is 3. The number of benzene rings is 1. The molecule has 1 aromatic carbocycles. The highest BCUT2D eigenvalue weighted by atomic mass is 35.5. The van der Waals surface area contributed by atoms with Gasteiger partial charge in [-0.3, -0.25) is 0 Å². The maximum absolute atomic E-state index is 14.8. The van der Waals surface area contributed by atoms with E-state index in [2.05, 4.69) is 15.0 Å². The van der Waals surface area contributed by atoms with Gasteiger partial charge >= 0.3 is 0 Å². The molecule has 0 amide bonds. The number of nitrogen functional groups attached to an aromatic ring is 1. The molecular weight excluding hydrogens is 472 g/mol. The summed E-state index contributed by atoms with van der Waals surface area (Å²) < 4.78 is 22.0. The average molecular weight is 502 g/mol. The Morgan fingerprint density at radius 1 is 1.20 bits per heavy atom. The van der Waals surface area contributed by atoms with E-state index in [1.54, 1.807) is 24.5 Å². The number of aliphatic hydroxyl groups is 2. The third kappa shape index (κ3) is 5.16. The Morgan fingerprint density at radius 3 is 2.51 bits per heavy atom. The number of nitrogens with zero attached hydrogens (tertiary/aromatic N) is 4. The molecule has 2 radical (unpaired) electrons. The first-order valence-corrected chi connectivity index (χ1v) is 12.1. The predicted molar refractivity (Wildman–Crippen MR) is 134 cm³/mol. The van der Waals surface area contributed by atoms with Gasteiger partial charge in [0.25, 0.3) is 0 Å². The Morgan fingerprint density at radius 2 is 1.89 bits per heavy atom. The molecule has 2 fully saturated rings. The van der Waals surface area contributed by atoms with E-state index in [9.17, 15) is 14.6 Å².